The number of nitrogens with one attached hydrogen (secondary N) is 1. The van der Waals surface area contributed by atoms with Gasteiger partial charge in [0.1, 0.15) is 0 Å². The number of benzene rings is 1. The lowest BCUT2D eigenvalue weighted by molar-refractivity contribution is -0.126. The highest BCUT2D eigenvalue weighted by atomic mass is 16.2. The van der Waals surface area contributed by atoms with E-state index < -0.39 is 0 Å². The van der Waals surface area contributed by atoms with Gasteiger partial charge < -0.3 is 11.1 Å². The van der Waals surface area contributed by atoms with Crippen LogP contribution >= 0.6 is 0 Å². The van der Waals surface area contributed by atoms with Crippen molar-refractivity contribution in [2.75, 3.05) is 0 Å². The number of amides is 1. The number of nitrogens with two attached hydrogens (primary N) is 1. The van der Waals surface area contributed by atoms with E-state index in [4.69, 9.17) is 5.73 Å². The van der Waals surface area contributed by atoms with Gasteiger partial charge in [-0.1, -0.05) is 31.2 Å². The summed E-state index contributed by atoms with van der Waals surface area (Å²) in [4.78, 5) is 12.0. The number of fused-ring (bicyclic) bond motifs is 1. The number of carbonyl (C=O) groups is 1. The van der Waals surface area contributed by atoms with Crippen LogP contribution in [0.5, 0.6) is 0 Å². The molecule has 1 fully saturated rings. The molecule has 1 aromatic rings. The fourth-order valence-electron chi connectivity index (χ4n) is 2.52. The van der Waals surface area contributed by atoms with E-state index in [1.165, 1.54) is 11.1 Å². The SMILES string of the molecule is CC1(C(=O)N[C@H]2Cc3ccccc3[C@@H]2N)CC1. The molecule has 1 amide bonds. The Morgan fingerprint density at radius 2 is 2.12 bits per heavy atom. The third kappa shape index (κ3) is 1.75. The Balaban J connectivity index is 1.74. The molecule has 1 saturated carbocycles. The summed E-state index contributed by atoms with van der Waals surface area (Å²) in [6.45, 7) is 2.02. The molecule has 3 heteroatoms. The van der Waals surface area contributed by atoms with Gasteiger partial charge in [-0.2, -0.15) is 0 Å². The molecule has 3 nitrogen and oxygen atoms in total. The molecular weight excluding hydrogens is 212 g/mol. The quantitative estimate of drug-likeness (QED) is 0.809. The van der Waals surface area contributed by atoms with Gasteiger partial charge in [-0.25, -0.2) is 0 Å². The molecule has 2 atom stereocenters. The largest absolute Gasteiger partial charge is 0.351 e. The summed E-state index contributed by atoms with van der Waals surface area (Å²) >= 11 is 0. The van der Waals surface area contributed by atoms with Crippen LogP contribution in [-0.2, 0) is 11.2 Å². The van der Waals surface area contributed by atoms with Crippen molar-refractivity contribution in [2.45, 2.75) is 38.3 Å². The summed E-state index contributed by atoms with van der Waals surface area (Å²) in [5.41, 5.74) is 8.52. The second kappa shape index (κ2) is 3.57. The molecule has 17 heavy (non-hydrogen) atoms. The van der Waals surface area contributed by atoms with Gasteiger partial charge in [-0.15, -0.1) is 0 Å². The van der Waals surface area contributed by atoms with Gasteiger partial charge in [-0.3, -0.25) is 4.79 Å². The third-order valence-electron chi connectivity index (χ3n) is 4.15. The van der Waals surface area contributed by atoms with Gasteiger partial charge in [0.25, 0.3) is 0 Å². The fraction of sp³-hybridized carbons (Fsp3) is 0.500. The molecule has 0 heterocycles. The molecule has 0 radical (unpaired) electrons. The smallest absolute Gasteiger partial charge is 0.226 e. The standard InChI is InChI=1S/C14H18N2O/c1-14(6-7-14)13(17)16-11-8-9-4-2-3-5-10(9)12(11)15/h2-5,11-12H,6-8,15H2,1H3,(H,16,17)/t11-,12-/m0/s1. The molecule has 0 aromatic heterocycles. The molecule has 0 saturated heterocycles. The minimum atomic E-state index is -0.117. The summed E-state index contributed by atoms with van der Waals surface area (Å²) in [6, 6.07) is 8.20. The average molecular weight is 230 g/mol. The van der Waals surface area contributed by atoms with Crippen LogP contribution in [0.3, 0.4) is 0 Å². The molecule has 2 aliphatic carbocycles. The lowest BCUT2D eigenvalue weighted by Gasteiger charge is -2.20. The van der Waals surface area contributed by atoms with Crippen molar-refractivity contribution < 1.29 is 4.79 Å². The van der Waals surface area contributed by atoms with Crippen molar-refractivity contribution in [3.8, 4) is 0 Å². The molecule has 1 aromatic carbocycles. The van der Waals surface area contributed by atoms with E-state index in [0.29, 0.717) is 0 Å². The molecule has 3 N–H and O–H groups in total. The topological polar surface area (TPSA) is 55.1 Å². The Kier molecular flexibility index (Phi) is 2.26. The Morgan fingerprint density at radius 1 is 1.41 bits per heavy atom. The normalized spacial score (nSPS) is 28.6. The maximum Gasteiger partial charge on any atom is 0.226 e. The maximum absolute atomic E-state index is 12.0. The van der Waals surface area contributed by atoms with Crippen LogP contribution < -0.4 is 11.1 Å². The minimum absolute atomic E-state index is 0.0579. The molecule has 0 bridgehead atoms. The molecule has 0 unspecified atom stereocenters. The van der Waals surface area contributed by atoms with E-state index in [2.05, 4.69) is 17.4 Å². The highest BCUT2D eigenvalue weighted by Gasteiger charge is 2.46. The van der Waals surface area contributed by atoms with Crippen molar-refractivity contribution in [1.29, 1.82) is 0 Å². The van der Waals surface area contributed by atoms with Gasteiger partial charge >= 0.3 is 0 Å². The van der Waals surface area contributed by atoms with Gasteiger partial charge in [0, 0.05) is 5.41 Å². The first kappa shape index (κ1) is 10.8. The van der Waals surface area contributed by atoms with Crippen molar-refractivity contribution >= 4 is 5.91 Å². The molecular formula is C14H18N2O. The van der Waals surface area contributed by atoms with E-state index >= 15 is 0 Å². The first-order valence-electron chi connectivity index (χ1n) is 6.24. The molecule has 0 aliphatic heterocycles. The Labute approximate surface area is 101 Å². The number of carbonyl (C=O) groups excluding carboxylic acids is 1. The Hall–Kier alpha value is -1.35. The van der Waals surface area contributed by atoms with Gasteiger partial charge in [0.15, 0.2) is 0 Å². The predicted molar refractivity (Wildman–Crippen MR) is 66.3 cm³/mol. The van der Waals surface area contributed by atoms with E-state index in [1.807, 2.05) is 19.1 Å². The zero-order chi connectivity index (χ0) is 12.0. The first-order chi connectivity index (χ1) is 8.10. The Bertz CT molecular complexity index is 465. The van der Waals surface area contributed by atoms with Crippen LogP contribution in [0.1, 0.15) is 36.9 Å². The van der Waals surface area contributed by atoms with Crippen LogP contribution in [0.4, 0.5) is 0 Å². The molecule has 3 rings (SSSR count). The second-order valence-electron chi connectivity index (χ2n) is 5.57. The number of rotatable bonds is 2. The van der Waals surface area contributed by atoms with Crippen LogP contribution in [0.2, 0.25) is 0 Å². The summed E-state index contributed by atoms with van der Waals surface area (Å²) in [5, 5.41) is 3.11. The second-order valence-corrected chi connectivity index (χ2v) is 5.57. The lowest BCUT2D eigenvalue weighted by atomic mass is 10.1. The van der Waals surface area contributed by atoms with Gasteiger partial charge in [0.2, 0.25) is 5.91 Å². The third-order valence-corrected chi connectivity index (χ3v) is 4.15. The summed E-state index contributed by atoms with van der Waals surface area (Å²) < 4.78 is 0. The molecule has 0 spiro atoms. The zero-order valence-electron chi connectivity index (χ0n) is 10.1. The van der Waals surface area contributed by atoms with Crippen molar-refractivity contribution in [2.24, 2.45) is 11.1 Å². The molecule has 90 valence electrons. The number of hydrogen-bond donors (Lipinski definition) is 2. The predicted octanol–water partition coefficient (Wildman–Crippen LogP) is 1.53. The highest BCUT2D eigenvalue weighted by Crippen LogP contribution is 2.45. The van der Waals surface area contributed by atoms with E-state index in [9.17, 15) is 4.79 Å². The van der Waals surface area contributed by atoms with Crippen LogP contribution in [0, 0.1) is 5.41 Å². The van der Waals surface area contributed by atoms with Crippen molar-refractivity contribution in [1.82, 2.24) is 5.32 Å². The van der Waals surface area contributed by atoms with E-state index in [-0.39, 0.29) is 23.4 Å². The maximum atomic E-state index is 12.0. The van der Waals surface area contributed by atoms with Gasteiger partial charge in [-0.05, 0) is 30.4 Å². The van der Waals surface area contributed by atoms with Gasteiger partial charge in [0.05, 0.1) is 12.1 Å². The summed E-state index contributed by atoms with van der Waals surface area (Å²) in [5.74, 6) is 0.172. The Morgan fingerprint density at radius 3 is 2.76 bits per heavy atom. The van der Waals surface area contributed by atoms with E-state index in [0.717, 1.165) is 19.3 Å². The first-order valence-corrected chi connectivity index (χ1v) is 6.24. The van der Waals surface area contributed by atoms with Crippen LogP contribution in [0.25, 0.3) is 0 Å². The zero-order valence-corrected chi connectivity index (χ0v) is 10.1. The monoisotopic (exact) mass is 230 g/mol. The van der Waals surface area contributed by atoms with Crippen LogP contribution in [-0.4, -0.2) is 11.9 Å². The van der Waals surface area contributed by atoms with Crippen LogP contribution in [0.15, 0.2) is 24.3 Å². The number of hydrogen-bond acceptors (Lipinski definition) is 2. The fourth-order valence-corrected chi connectivity index (χ4v) is 2.52. The average Bonchev–Trinajstić information content (AvgIpc) is 3.00. The van der Waals surface area contributed by atoms with E-state index in [1.54, 1.807) is 0 Å². The highest BCUT2D eigenvalue weighted by molar-refractivity contribution is 5.85. The lowest BCUT2D eigenvalue weighted by Crippen LogP contribution is -2.43. The van der Waals surface area contributed by atoms with Crippen molar-refractivity contribution in [3.63, 3.8) is 0 Å². The van der Waals surface area contributed by atoms with Crippen molar-refractivity contribution in [3.05, 3.63) is 35.4 Å². The molecule has 2 aliphatic rings. The summed E-state index contributed by atoms with van der Waals surface area (Å²) in [7, 11) is 0. The summed E-state index contributed by atoms with van der Waals surface area (Å²) in [6.07, 6.45) is 2.88. The minimum Gasteiger partial charge on any atom is -0.351 e.